The molecular weight excluding hydrogens is 539 g/mol. The minimum Gasteiger partial charge on any atom is -0.122 e. The van der Waals surface area contributed by atoms with Crippen molar-refractivity contribution in [2.75, 3.05) is 0 Å². The van der Waals surface area contributed by atoms with Crippen LogP contribution in [-0.4, -0.2) is 0 Å². The molecule has 0 saturated heterocycles. The number of rotatable bonds is 14. The van der Waals surface area contributed by atoms with Gasteiger partial charge < -0.3 is 0 Å². The topological polar surface area (TPSA) is 0 Å². The highest BCUT2D eigenvalue weighted by atomic mass is 35.5. The molecule has 0 saturated carbocycles. The number of benzene rings is 4. The van der Waals surface area contributed by atoms with Gasteiger partial charge in [0.25, 0.3) is 0 Å². The number of halogens is 2. The summed E-state index contributed by atoms with van der Waals surface area (Å²) in [6.45, 7) is 4.61. The highest BCUT2D eigenvalue weighted by molar-refractivity contribution is 6.19. The predicted octanol–water partition coefficient (Wildman–Crippen LogP) is 12.7. The van der Waals surface area contributed by atoms with Crippen LogP contribution >= 0.6 is 23.2 Å². The Hall–Kier alpha value is -2.54. The van der Waals surface area contributed by atoms with Crippen molar-refractivity contribution in [2.24, 2.45) is 0 Å². The molecule has 1 aliphatic rings. The first-order valence-electron chi connectivity index (χ1n) is 15.7. The van der Waals surface area contributed by atoms with E-state index in [0.29, 0.717) is 11.8 Å². The molecule has 0 bridgehead atoms. The molecule has 0 fully saturated rings. The zero-order valence-electron chi connectivity index (χ0n) is 24.8. The third-order valence-electron chi connectivity index (χ3n) is 9.20. The van der Waals surface area contributed by atoms with Crippen molar-refractivity contribution in [3.05, 3.63) is 107 Å². The van der Waals surface area contributed by atoms with Crippen molar-refractivity contribution in [3.8, 4) is 33.4 Å². The highest BCUT2D eigenvalue weighted by Gasteiger charge is 2.42. The van der Waals surface area contributed by atoms with Crippen molar-refractivity contribution in [1.29, 1.82) is 0 Å². The first-order valence-corrected chi connectivity index (χ1v) is 16.8. The molecule has 0 aromatic heterocycles. The molecule has 5 rings (SSSR count). The van der Waals surface area contributed by atoms with E-state index in [1.165, 1.54) is 109 Å². The lowest BCUT2D eigenvalue weighted by atomic mass is 9.70. The van der Waals surface area contributed by atoms with Crippen molar-refractivity contribution < 1.29 is 0 Å². The van der Waals surface area contributed by atoms with Gasteiger partial charge in [0.1, 0.15) is 0 Å². The molecule has 4 aromatic carbocycles. The second-order valence-electron chi connectivity index (χ2n) is 11.8. The second-order valence-corrected chi connectivity index (χ2v) is 12.3. The zero-order chi connectivity index (χ0) is 28.7. The van der Waals surface area contributed by atoms with E-state index in [-0.39, 0.29) is 5.41 Å². The van der Waals surface area contributed by atoms with Crippen LogP contribution in [0.2, 0.25) is 0 Å². The molecule has 0 unspecified atom stereocenters. The van der Waals surface area contributed by atoms with Crippen LogP contribution in [0.4, 0.5) is 0 Å². The smallest absolute Gasteiger partial charge is 0.0480 e. The standard InChI is InChI=1S/C39H44Cl2/c1-3-5-7-14-24-39(25-15-8-6-4-2)35-19-13-12-18-33(35)34-23-22-30(26-36(34)39)38-32(28-41)21-20-31(27-40)37(38)29-16-10-9-11-17-29/h9-13,16-23,26H,3-8,14-15,24-25,27-28H2,1-2H3. The maximum Gasteiger partial charge on any atom is 0.0480 e. The Kier molecular flexibility index (Phi) is 10.3. The molecule has 0 heterocycles. The van der Waals surface area contributed by atoms with Gasteiger partial charge in [0.05, 0.1) is 0 Å². The molecule has 0 nitrogen and oxygen atoms in total. The first-order chi connectivity index (χ1) is 20.2. The summed E-state index contributed by atoms with van der Waals surface area (Å²) in [7, 11) is 0. The average Bonchev–Trinajstić information content (AvgIpc) is 3.30. The predicted molar refractivity (Wildman–Crippen MR) is 180 cm³/mol. The van der Waals surface area contributed by atoms with Gasteiger partial charge in [-0.25, -0.2) is 0 Å². The van der Waals surface area contributed by atoms with Crippen molar-refractivity contribution in [3.63, 3.8) is 0 Å². The van der Waals surface area contributed by atoms with Crippen molar-refractivity contribution >= 4 is 23.2 Å². The quantitative estimate of drug-likeness (QED) is 0.102. The molecule has 0 atom stereocenters. The van der Waals surface area contributed by atoms with Crippen LogP contribution in [0, 0.1) is 0 Å². The number of unbranched alkanes of at least 4 members (excludes halogenated alkanes) is 6. The van der Waals surface area contributed by atoms with E-state index in [1.807, 2.05) is 0 Å². The molecule has 0 spiro atoms. The van der Waals surface area contributed by atoms with E-state index in [9.17, 15) is 0 Å². The Morgan fingerprint density at radius 3 is 1.68 bits per heavy atom. The Labute approximate surface area is 258 Å². The Morgan fingerprint density at radius 2 is 1.07 bits per heavy atom. The van der Waals surface area contributed by atoms with E-state index in [1.54, 1.807) is 0 Å². The number of hydrogen-bond donors (Lipinski definition) is 0. The number of hydrogen-bond acceptors (Lipinski definition) is 0. The van der Waals surface area contributed by atoms with Gasteiger partial charge in [-0.05, 0) is 74.5 Å². The lowest BCUT2D eigenvalue weighted by Crippen LogP contribution is -2.25. The maximum absolute atomic E-state index is 6.65. The first kappa shape index (κ1) is 29.9. The third-order valence-corrected chi connectivity index (χ3v) is 9.78. The molecule has 0 radical (unpaired) electrons. The normalized spacial score (nSPS) is 13.3. The summed E-state index contributed by atoms with van der Waals surface area (Å²) in [5.74, 6) is 0.934. The number of fused-ring (bicyclic) bond motifs is 3. The van der Waals surface area contributed by atoms with Crippen molar-refractivity contribution in [1.82, 2.24) is 0 Å². The molecule has 214 valence electrons. The largest absolute Gasteiger partial charge is 0.122 e. The second kappa shape index (κ2) is 14.1. The van der Waals surface area contributed by atoms with Crippen LogP contribution in [0.25, 0.3) is 33.4 Å². The monoisotopic (exact) mass is 582 g/mol. The van der Waals surface area contributed by atoms with Crippen LogP contribution in [0.1, 0.15) is 100 Å². The SMILES string of the molecule is CCCCCCC1(CCCCCC)c2ccccc2-c2ccc(-c3c(CCl)ccc(CCl)c3-c3ccccc3)cc21. The van der Waals surface area contributed by atoms with Gasteiger partial charge in [-0.3, -0.25) is 0 Å². The van der Waals surface area contributed by atoms with Crippen LogP contribution < -0.4 is 0 Å². The minimum absolute atomic E-state index is 0.0571. The summed E-state index contributed by atoms with van der Waals surface area (Å²) in [5, 5.41) is 0. The van der Waals surface area contributed by atoms with Gasteiger partial charge in [0.15, 0.2) is 0 Å². The van der Waals surface area contributed by atoms with Crippen LogP contribution in [0.5, 0.6) is 0 Å². The summed E-state index contributed by atoms with van der Waals surface area (Å²) in [6, 6.07) is 31.5. The van der Waals surface area contributed by atoms with Gasteiger partial charge in [-0.2, -0.15) is 0 Å². The minimum atomic E-state index is 0.0571. The molecule has 0 aliphatic heterocycles. The third kappa shape index (κ3) is 6.02. The van der Waals surface area contributed by atoms with Gasteiger partial charge in [-0.15, -0.1) is 23.2 Å². The molecule has 1 aliphatic carbocycles. The molecule has 4 aromatic rings. The molecule has 0 N–H and O–H groups in total. The van der Waals surface area contributed by atoms with Crippen molar-refractivity contribution in [2.45, 2.75) is 95.2 Å². The Balaban J connectivity index is 1.71. The highest BCUT2D eigenvalue weighted by Crippen LogP contribution is 2.55. The average molecular weight is 584 g/mol. The lowest BCUT2D eigenvalue weighted by Gasteiger charge is -2.33. The molecule has 0 amide bonds. The summed E-state index contributed by atoms with van der Waals surface area (Å²) in [5.41, 5.74) is 13.1. The van der Waals surface area contributed by atoms with E-state index < -0.39 is 0 Å². The summed E-state index contributed by atoms with van der Waals surface area (Å²) in [6.07, 6.45) is 12.7. The van der Waals surface area contributed by atoms with Crippen LogP contribution in [0.15, 0.2) is 84.9 Å². The van der Waals surface area contributed by atoms with Gasteiger partial charge in [0, 0.05) is 17.2 Å². The van der Waals surface area contributed by atoms with Crippen LogP contribution in [-0.2, 0) is 17.2 Å². The van der Waals surface area contributed by atoms with Gasteiger partial charge >= 0.3 is 0 Å². The van der Waals surface area contributed by atoms with E-state index in [2.05, 4.69) is 98.8 Å². The molecule has 41 heavy (non-hydrogen) atoms. The zero-order valence-corrected chi connectivity index (χ0v) is 26.3. The van der Waals surface area contributed by atoms with Crippen LogP contribution in [0.3, 0.4) is 0 Å². The fourth-order valence-corrected chi connectivity index (χ4v) is 7.60. The van der Waals surface area contributed by atoms with E-state index in [0.717, 1.165) is 11.1 Å². The Bertz CT molecular complexity index is 1420. The maximum atomic E-state index is 6.65. The fourth-order valence-electron chi connectivity index (χ4n) is 7.16. The fraction of sp³-hybridized carbons (Fsp3) is 0.385. The number of alkyl halides is 2. The van der Waals surface area contributed by atoms with E-state index in [4.69, 9.17) is 23.2 Å². The summed E-state index contributed by atoms with van der Waals surface area (Å²) in [4.78, 5) is 0. The van der Waals surface area contributed by atoms with Gasteiger partial charge in [-0.1, -0.05) is 144 Å². The van der Waals surface area contributed by atoms with Gasteiger partial charge in [0.2, 0.25) is 0 Å². The molecule has 2 heteroatoms. The van der Waals surface area contributed by atoms with E-state index >= 15 is 0 Å². The summed E-state index contributed by atoms with van der Waals surface area (Å²) >= 11 is 13.2. The Morgan fingerprint density at radius 1 is 0.512 bits per heavy atom. The molecular formula is C39H44Cl2. The lowest BCUT2D eigenvalue weighted by molar-refractivity contribution is 0.401. The summed E-state index contributed by atoms with van der Waals surface area (Å²) < 4.78 is 0.